The Morgan fingerprint density at radius 2 is 1.58 bits per heavy atom. The standard InChI is InChI=1S/C21H31FO4/c1-12-9-17(22)10-13(2)19(12)15(4)16(5)25-20(24)14(3)11-18(23)26-21(6,7)8/h9-10,14-16H,11H2,1-8H3/t14-,15-,16+/m1/s1. The van der Waals surface area contributed by atoms with Crippen molar-refractivity contribution in [2.45, 2.75) is 79.4 Å². The first kappa shape index (κ1) is 22.1. The molecule has 146 valence electrons. The molecule has 0 amide bonds. The van der Waals surface area contributed by atoms with Gasteiger partial charge in [0.05, 0.1) is 12.3 Å². The zero-order chi connectivity index (χ0) is 20.2. The average Bonchev–Trinajstić information content (AvgIpc) is 2.43. The van der Waals surface area contributed by atoms with Crippen LogP contribution in [0.1, 0.15) is 70.6 Å². The van der Waals surface area contributed by atoms with Crippen molar-refractivity contribution in [3.63, 3.8) is 0 Å². The second-order valence-corrected chi connectivity index (χ2v) is 8.08. The highest BCUT2D eigenvalue weighted by atomic mass is 19.1. The lowest BCUT2D eigenvalue weighted by molar-refractivity contribution is -0.163. The molecule has 1 rings (SSSR count). The summed E-state index contributed by atoms with van der Waals surface area (Å²) in [6.07, 6.45) is -0.419. The molecule has 4 nitrogen and oxygen atoms in total. The molecule has 0 spiro atoms. The van der Waals surface area contributed by atoms with Crippen molar-refractivity contribution in [3.8, 4) is 0 Å². The van der Waals surface area contributed by atoms with Gasteiger partial charge in [0.15, 0.2) is 0 Å². The molecular weight excluding hydrogens is 335 g/mol. The van der Waals surface area contributed by atoms with Crippen LogP contribution in [0.2, 0.25) is 0 Å². The number of halogens is 1. The number of carbonyl (C=O) groups excluding carboxylic acids is 2. The van der Waals surface area contributed by atoms with Gasteiger partial charge in [-0.25, -0.2) is 4.39 Å². The SMILES string of the molecule is Cc1cc(F)cc(C)c1[C@H](C)[C@H](C)OC(=O)[C@H](C)CC(=O)OC(C)(C)C. The molecule has 0 fully saturated rings. The van der Waals surface area contributed by atoms with Crippen LogP contribution in [-0.4, -0.2) is 23.6 Å². The van der Waals surface area contributed by atoms with E-state index in [-0.39, 0.29) is 18.2 Å². The lowest BCUT2D eigenvalue weighted by Crippen LogP contribution is -2.29. The van der Waals surface area contributed by atoms with E-state index < -0.39 is 29.6 Å². The highest BCUT2D eigenvalue weighted by molar-refractivity contribution is 5.80. The molecule has 0 saturated heterocycles. The largest absolute Gasteiger partial charge is 0.462 e. The fourth-order valence-electron chi connectivity index (χ4n) is 2.99. The topological polar surface area (TPSA) is 52.6 Å². The number of benzene rings is 1. The van der Waals surface area contributed by atoms with Gasteiger partial charge < -0.3 is 9.47 Å². The quantitative estimate of drug-likeness (QED) is 0.676. The number of ether oxygens (including phenoxy) is 2. The van der Waals surface area contributed by atoms with Gasteiger partial charge >= 0.3 is 11.9 Å². The summed E-state index contributed by atoms with van der Waals surface area (Å²) in [5.41, 5.74) is 2.06. The highest BCUT2D eigenvalue weighted by Gasteiger charge is 2.27. The van der Waals surface area contributed by atoms with Crippen LogP contribution in [0.3, 0.4) is 0 Å². The third-order valence-electron chi connectivity index (χ3n) is 4.32. The molecule has 0 aliphatic rings. The van der Waals surface area contributed by atoms with Gasteiger partial charge in [0, 0.05) is 5.92 Å². The molecule has 5 heteroatoms. The first-order valence-corrected chi connectivity index (χ1v) is 9.00. The third-order valence-corrected chi connectivity index (χ3v) is 4.32. The van der Waals surface area contributed by atoms with E-state index in [9.17, 15) is 14.0 Å². The number of esters is 2. The van der Waals surface area contributed by atoms with E-state index in [0.717, 1.165) is 16.7 Å². The number of rotatable bonds is 6. The Balaban J connectivity index is 2.73. The molecule has 0 heterocycles. The maximum atomic E-state index is 13.5. The van der Waals surface area contributed by atoms with Gasteiger partial charge in [0.2, 0.25) is 0 Å². The van der Waals surface area contributed by atoms with Gasteiger partial charge in [-0.2, -0.15) is 0 Å². The van der Waals surface area contributed by atoms with Crippen molar-refractivity contribution in [2.75, 3.05) is 0 Å². The van der Waals surface area contributed by atoms with Crippen molar-refractivity contribution in [3.05, 3.63) is 34.6 Å². The summed E-state index contributed by atoms with van der Waals surface area (Å²) in [7, 11) is 0. The zero-order valence-electron chi connectivity index (χ0n) is 17.1. The number of carbonyl (C=O) groups is 2. The lowest BCUT2D eigenvalue weighted by Gasteiger charge is -2.25. The molecule has 0 aliphatic heterocycles. The van der Waals surface area contributed by atoms with E-state index in [2.05, 4.69) is 0 Å². The first-order chi connectivity index (χ1) is 11.8. The molecule has 0 N–H and O–H groups in total. The monoisotopic (exact) mass is 366 g/mol. The van der Waals surface area contributed by atoms with Crippen LogP contribution in [-0.2, 0) is 19.1 Å². The molecular formula is C21H31FO4. The van der Waals surface area contributed by atoms with E-state index in [1.807, 2.05) is 27.7 Å². The maximum absolute atomic E-state index is 13.5. The smallest absolute Gasteiger partial charge is 0.309 e. The molecule has 0 unspecified atom stereocenters. The van der Waals surface area contributed by atoms with Crippen molar-refractivity contribution < 1.29 is 23.5 Å². The predicted octanol–water partition coefficient (Wildman–Crippen LogP) is 4.85. The van der Waals surface area contributed by atoms with Crippen molar-refractivity contribution in [1.82, 2.24) is 0 Å². The fourth-order valence-corrected chi connectivity index (χ4v) is 2.99. The second kappa shape index (κ2) is 8.65. The van der Waals surface area contributed by atoms with E-state index in [0.29, 0.717) is 0 Å². The first-order valence-electron chi connectivity index (χ1n) is 9.00. The fraction of sp³-hybridized carbons (Fsp3) is 0.619. The molecule has 0 saturated carbocycles. The Labute approximate surface area is 156 Å². The van der Waals surface area contributed by atoms with Gasteiger partial charge in [-0.05, 0) is 70.4 Å². The van der Waals surface area contributed by atoms with Gasteiger partial charge in [-0.1, -0.05) is 13.8 Å². The van der Waals surface area contributed by atoms with Crippen LogP contribution in [0.5, 0.6) is 0 Å². The number of aryl methyl sites for hydroxylation is 2. The molecule has 1 aromatic carbocycles. The number of hydrogen-bond acceptors (Lipinski definition) is 4. The van der Waals surface area contributed by atoms with E-state index >= 15 is 0 Å². The summed E-state index contributed by atoms with van der Waals surface area (Å²) in [4.78, 5) is 24.2. The third kappa shape index (κ3) is 6.43. The molecule has 1 aromatic rings. The highest BCUT2D eigenvalue weighted by Crippen LogP contribution is 2.29. The Bertz CT molecular complexity index is 637. The summed E-state index contributed by atoms with van der Waals surface area (Å²) < 4.78 is 24.3. The average molecular weight is 366 g/mol. The molecule has 0 radical (unpaired) electrons. The van der Waals surface area contributed by atoms with E-state index in [1.54, 1.807) is 27.7 Å². The summed E-state index contributed by atoms with van der Waals surface area (Å²) in [5.74, 6) is -1.81. The summed E-state index contributed by atoms with van der Waals surface area (Å²) in [6, 6.07) is 2.97. The summed E-state index contributed by atoms with van der Waals surface area (Å²) >= 11 is 0. The summed E-state index contributed by atoms with van der Waals surface area (Å²) in [6.45, 7) is 14.5. The Kier molecular flexibility index (Phi) is 7.36. The van der Waals surface area contributed by atoms with Gasteiger partial charge in [0.1, 0.15) is 17.5 Å². The second-order valence-electron chi connectivity index (χ2n) is 8.08. The van der Waals surface area contributed by atoms with Gasteiger partial charge in [0.25, 0.3) is 0 Å². The maximum Gasteiger partial charge on any atom is 0.309 e. The minimum absolute atomic E-state index is 0.0220. The van der Waals surface area contributed by atoms with Crippen LogP contribution in [0, 0.1) is 25.6 Å². The Morgan fingerprint density at radius 1 is 1.08 bits per heavy atom. The van der Waals surface area contributed by atoms with Crippen molar-refractivity contribution in [1.29, 1.82) is 0 Å². The summed E-state index contributed by atoms with van der Waals surface area (Å²) in [5, 5.41) is 0. The van der Waals surface area contributed by atoms with Crippen LogP contribution < -0.4 is 0 Å². The van der Waals surface area contributed by atoms with E-state index in [1.165, 1.54) is 12.1 Å². The van der Waals surface area contributed by atoms with Gasteiger partial charge in [-0.15, -0.1) is 0 Å². The van der Waals surface area contributed by atoms with Crippen LogP contribution in [0.15, 0.2) is 12.1 Å². The molecule has 0 bridgehead atoms. The van der Waals surface area contributed by atoms with Crippen molar-refractivity contribution >= 4 is 11.9 Å². The molecule has 0 aromatic heterocycles. The minimum Gasteiger partial charge on any atom is -0.462 e. The zero-order valence-corrected chi connectivity index (χ0v) is 17.1. The molecule has 26 heavy (non-hydrogen) atoms. The Morgan fingerprint density at radius 3 is 2.04 bits per heavy atom. The minimum atomic E-state index is -0.588. The van der Waals surface area contributed by atoms with Crippen molar-refractivity contribution in [2.24, 2.45) is 5.92 Å². The Hall–Kier alpha value is -1.91. The molecule has 3 atom stereocenters. The van der Waals surface area contributed by atoms with Gasteiger partial charge in [-0.3, -0.25) is 9.59 Å². The number of hydrogen-bond donors (Lipinski definition) is 0. The lowest BCUT2D eigenvalue weighted by atomic mass is 9.88. The van der Waals surface area contributed by atoms with Crippen LogP contribution >= 0.6 is 0 Å². The normalized spacial score (nSPS) is 15.1. The van der Waals surface area contributed by atoms with Crippen LogP contribution in [0.25, 0.3) is 0 Å². The van der Waals surface area contributed by atoms with E-state index in [4.69, 9.17) is 9.47 Å². The predicted molar refractivity (Wildman–Crippen MR) is 99.5 cm³/mol. The van der Waals surface area contributed by atoms with Crippen LogP contribution in [0.4, 0.5) is 4.39 Å². The molecule has 0 aliphatic carbocycles.